The molecular formula is C27H27N7O2. The maximum atomic E-state index is 12.1. The zero-order valence-corrected chi connectivity index (χ0v) is 19.9. The van der Waals surface area contributed by atoms with Gasteiger partial charge in [-0.2, -0.15) is 10.4 Å². The third-order valence-electron chi connectivity index (χ3n) is 6.91. The molecule has 9 nitrogen and oxygen atoms in total. The summed E-state index contributed by atoms with van der Waals surface area (Å²) in [5, 5.41) is 21.0. The number of hydrogen-bond acceptors (Lipinski definition) is 5. The highest BCUT2D eigenvalue weighted by molar-refractivity contribution is 5.96. The maximum Gasteiger partial charge on any atom is 0.319 e. The highest BCUT2D eigenvalue weighted by atomic mass is 16.5. The molecule has 2 heterocycles. The molecule has 0 atom stereocenters. The van der Waals surface area contributed by atoms with Gasteiger partial charge in [-0.1, -0.05) is 12.1 Å². The lowest BCUT2D eigenvalue weighted by Gasteiger charge is -2.30. The van der Waals surface area contributed by atoms with E-state index < -0.39 is 0 Å². The number of rotatable bonds is 8. The molecule has 2 aromatic heterocycles. The van der Waals surface area contributed by atoms with Crippen molar-refractivity contribution in [2.75, 3.05) is 11.9 Å². The highest BCUT2D eigenvalue weighted by Gasteiger charge is 2.28. The van der Waals surface area contributed by atoms with Crippen molar-refractivity contribution in [3.8, 4) is 23.1 Å². The molecule has 182 valence electrons. The maximum absolute atomic E-state index is 12.1. The van der Waals surface area contributed by atoms with E-state index in [0.717, 1.165) is 59.3 Å². The molecule has 2 aliphatic rings. The first-order valence-electron chi connectivity index (χ1n) is 12.4. The topological polar surface area (TPSA) is 110 Å². The minimum atomic E-state index is -0.178. The average molecular weight is 482 g/mol. The quantitative estimate of drug-likeness (QED) is 0.373. The van der Waals surface area contributed by atoms with Gasteiger partial charge in [0.25, 0.3) is 0 Å². The van der Waals surface area contributed by atoms with Crippen LogP contribution in [-0.4, -0.2) is 38.0 Å². The Balaban J connectivity index is 1.31. The lowest BCUT2D eigenvalue weighted by molar-refractivity contribution is 0.251. The van der Waals surface area contributed by atoms with Crippen LogP contribution in [0.4, 0.5) is 10.5 Å². The number of aromatic nitrogens is 4. The van der Waals surface area contributed by atoms with Gasteiger partial charge in [0.2, 0.25) is 0 Å². The molecule has 2 N–H and O–H groups in total. The number of hydrogen-bond donors (Lipinski definition) is 2. The van der Waals surface area contributed by atoms with E-state index in [0.29, 0.717) is 30.8 Å². The first kappa shape index (κ1) is 22.2. The molecule has 0 radical (unpaired) electrons. The van der Waals surface area contributed by atoms with Crippen molar-refractivity contribution < 1.29 is 9.53 Å². The summed E-state index contributed by atoms with van der Waals surface area (Å²) in [6.07, 6.45) is 8.61. The van der Waals surface area contributed by atoms with E-state index in [2.05, 4.69) is 31.4 Å². The van der Waals surface area contributed by atoms with Crippen molar-refractivity contribution in [3.63, 3.8) is 0 Å². The molecule has 36 heavy (non-hydrogen) atoms. The molecule has 4 aromatic rings. The number of carbonyl (C=O) groups excluding carboxylic acids is 1. The van der Waals surface area contributed by atoms with E-state index in [1.807, 2.05) is 42.5 Å². The van der Waals surface area contributed by atoms with Crippen LogP contribution >= 0.6 is 0 Å². The molecule has 0 bridgehead atoms. The number of carbonyl (C=O) groups is 1. The third-order valence-corrected chi connectivity index (χ3v) is 6.91. The Morgan fingerprint density at radius 3 is 2.64 bits per heavy atom. The molecule has 9 heteroatoms. The zero-order valence-electron chi connectivity index (χ0n) is 19.9. The fourth-order valence-corrected chi connectivity index (χ4v) is 4.70. The number of nitriles is 1. The van der Waals surface area contributed by atoms with E-state index in [4.69, 9.17) is 4.74 Å². The van der Waals surface area contributed by atoms with Crippen LogP contribution in [0.15, 0.2) is 55.1 Å². The van der Waals surface area contributed by atoms with Crippen molar-refractivity contribution in [1.29, 1.82) is 5.26 Å². The van der Waals surface area contributed by atoms with Crippen LogP contribution in [0.3, 0.4) is 0 Å². The van der Waals surface area contributed by atoms with E-state index in [9.17, 15) is 10.1 Å². The lowest BCUT2D eigenvalue weighted by Crippen LogP contribution is -2.30. The Hall–Kier alpha value is -4.32. The standard InChI is InChI=1S/C27H27N7O2/c28-15-24-23-11-10-22(36-13-12-33-17-29-16-30-33)14-25(23)34(21-2-1-3-21)26(24)18-4-6-19(7-5-18)31-27(35)32-20-8-9-20/h4-7,10-11,14,16-17,20-21H,1-3,8-9,12-13H2,(H2,31,32,35). The van der Waals surface area contributed by atoms with Gasteiger partial charge >= 0.3 is 6.03 Å². The molecule has 0 saturated heterocycles. The Labute approximate surface area is 208 Å². The lowest BCUT2D eigenvalue weighted by atomic mass is 9.92. The van der Waals surface area contributed by atoms with Crippen LogP contribution in [0.1, 0.15) is 43.7 Å². The second-order valence-electron chi connectivity index (χ2n) is 9.43. The molecule has 2 aliphatic carbocycles. The van der Waals surface area contributed by atoms with Crippen molar-refractivity contribution >= 4 is 22.6 Å². The minimum Gasteiger partial charge on any atom is -0.492 e. The largest absolute Gasteiger partial charge is 0.492 e. The first-order chi connectivity index (χ1) is 17.7. The Kier molecular flexibility index (Phi) is 5.77. The normalized spacial score (nSPS) is 15.3. The van der Waals surface area contributed by atoms with Gasteiger partial charge in [-0.05, 0) is 61.9 Å². The molecular weight excluding hydrogens is 454 g/mol. The summed E-state index contributed by atoms with van der Waals surface area (Å²) in [6, 6.07) is 16.6. The van der Waals surface area contributed by atoms with Gasteiger partial charge in [0.1, 0.15) is 31.1 Å². The van der Waals surface area contributed by atoms with Crippen LogP contribution in [0.25, 0.3) is 22.2 Å². The molecule has 2 fully saturated rings. The Morgan fingerprint density at radius 2 is 1.97 bits per heavy atom. The number of urea groups is 1. The van der Waals surface area contributed by atoms with Crippen LogP contribution in [0.2, 0.25) is 0 Å². The van der Waals surface area contributed by atoms with Gasteiger partial charge in [0.15, 0.2) is 0 Å². The van der Waals surface area contributed by atoms with Crippen molar-refractivity contribution in [1.82, 2.24) is 24.6 Å². The fourth-order valence-electron chi connectivity index (χ4n) is 4.70. The van der Waals surface area contributed by atoms with E-state index in [1.165, 1.54) is 12.7 Å². The van der Waals surface area contributed by atoms with Crippen molar-refractivity contribution in [2.45, 2.75) is 50.7 Å². The predicted octanol–water partition coefficient (Wildman–Crippen LogP) is 4.86. The molecule has 2 saturated carbocycles. The van der Waals surface area contributed by atoms with E-state index in [-0.39, 0.29) is 6.03 Å². The number of amides is 2. The van der Waals surface area contributed by atoms with Crippen LogP contribution in [0.5, 0.6) is 5.75 Å². The second-order valence-corrected chi connectivity index (χ2v) is 9.43. The number of nitrogens with zero attached hydrogens (tertiary/aromatic N) is 5. The summed E-state index contributed by atoms with van der Waals surface area (Å²) >= 11 is 0. The predicted molar refractivity (Wildman–Crippen MR) is 136 cm³/mol. The summed E-state index contributed by atoms with van der Waals surface area (Å²) in [5.41, 5.74) is 4.28. The second kappa shape index (κ2) is 9.38. The monoisotopic (exact) mass is 481 g/mol. The summed E-state index contributed by atoms with van der Waals surface area (Å²) < 4.78 is 10.1. The molecule has 0 unspecified atom stereocenters. The molecule has 2 amide bonds. The fraction of sp³-hybridized carbons (Fsp3) is 0.333. The number of nitrogens with one attached hydrogen (secondary N) is 2. The smallest absolute Gasteiger partial charge is 0.319 e. The molecule has 2 aromatic carbocycles. The van der Waals surface area contributed by atoms with E-state index >= 15 is 0 Å². The van der Waals surface area contributed by atoms with Crippen LogP contribution < -0.4 is 15.4 Å². The van der Waals surface area contributed by atoms with Gasteiger partial charge in [-0.3, -0.25) is 0 Å². The van der Waals surface area contributed by atoms with Gasteiger partial charge in [-0.25, -0.2) is 14.5 Å². The number of benzene rings is 2. The molecule has 0 aliphatic heterocycles. The Morgan fingerprint density at radius 1 is 1.14 bits per heavy atom. The van der Waals surface area contributed by atoms with E-state index in [1.54, 1.807) is 11.0 Å². The SMILES string of the molecule is N#Cc1c(-c2ccc(NC(=O)NC3CC3)cc2)n(C2CCC2)c2cc(OCCn3cncn3)ccc12. The van der Waals surface area contributed by atoms with Gasteiger partial charge in [-0.15, -0.1) is 0 Å². The summed E-state index contributed by atoms with van der Waals surface area (Å²) in [4.78, 5) is 16.1. The third kappa shape index (κ3) is 4.38. The minimum absolute atomic E-state index is 0.178. The summed E-state index contributed by atoms with van der Waals surface area (Å²) in [6.45, 7) is 1.08. The summed E-state index contributed by atoms with van der Waals surface area (Å²) in [5.74, 6) is 0.762. The number of fused-ring (bicyclic) bond motifs is 1. The van der Waals surface area contributed by atoms with Crippen LogP contribution in [-0.2, 0) is 6.54 Å². The Bertz CT molecular complexity index is 1430. The van der Waals surface area contributed by atoms with Gasteiger partial charge in [0, 0.05) is 29.2 Å². The molecule has 0 spiro atoms. The average Bonchev–Trinajstić information content (AvgIpc) is 3.40. The van der Waals surface area contributed by atoms with Crippen LogP contribution in [0, 0.1) is 11.3 Å². The summed E-state index contributed by atoms with van der Waals surface area (Å²) in [7, 11) is 0. The first-order valence-corrected chi connectivity index (χ1v) is 12.4. The highest BCUT2D eigenvalue weighted by Crippen LogP contribution is 2.43. The molecule has 6 rings (SSSR count). The van der Waals surface area contributed by atoms with Crippen molar-refractivity contribution in [2.24, 2.45) is 0 Å². The number of anilines is 1. The zero-order chi connectivity index (χ0) is 24.5. The number of ether oxygens (including phenoxy) is 1. The van der Waals surface area contributed by atoms with Gasteiger partial charge in [0.05, 0.1) is 23.3 Å². The van der Waals surface area contributed by atoms with Crippen molar-refractivity contribution in [3.05, 3.63) is 60.7 Å². The van der Waals surface area contributed by atoms with Gasteiger partial charge < -0.3 is 19.9 Å².